The van der Waals surface area contributed by atoms with Crippen LogP contribution in [0.4, 0.5) is 13.2 Å². The van der Waals surface area contributed by atoms with Crippen molar-refractivity contribution in [1.82, 2.24) is 15.5 Å². The van der Waals surface area contributed by atoms with Gasteiger partial charge in [0.2, 0.25) is 5.89 Å². The van der Waals surface area contributed by atoms with Crippen LogP contribution in [0, 0.1) is 5.92 Å². The molecule has 1 aromatic heterocycles. The maximum atomic E-state index is 12.3. The van der Waals surface area contributed by atoms with Gasteiger partial charge in [-0.05, 0) is 19.4 Å². The van der Waals surface area contributed by atoms with E-state index in [4.69, 9.17) is 4.52 Å². The third-order valence-corrected chi connectivity index (χ3v) is 2.91. The second-order valence-corrected chi connectivity index (χ2v) is 4.96. The van der Waals surface area contributed by atoms with Gasteiger partial charge in [0.05, 0.1) is 5.92 Å². The van der Waals surface area contributed by atoms with Gasteiger partial charge in [-0.15, -0.1) is 0 Å². The molecule has 0 saturated carbocycles. The third kappa shape index (κ3) is 4.81. The number of halogens is 3. The average molecular weight is 279 g/mol. The monoisotopic (exact) mass is 279 g/mol. The quantitative estimate of drug-likeness (QED) is 0.870. The van der Waals surface area contributed by atoms with E-state index in [1.807, 2.05) is 27.7 Å². The van der Waals surface area contributed by atoms with Crippen LogP contribution in [0.15, 0.2) is 4.52 Å². The first kappa shape index (κ1) is 15.9. The lowest BCUT2D eigenvalue weighted by Crippen LogP contribution is -2.34. The summed E-state index contributed by atoms with van der Waals surface area (Å²) in [7, 11) is 0. The molecule has 2 atom stereocenters. The molecular formula is C12H20F3N3O. The van der Waals surface area contributed by atoms with Crippen molar-refractivity contribution in [1.29, 1.82) is 0 Å². The van der Waals surface area contributed by atoms with Crippen molar-refractivity contribution < 1.29 is 17.7 Å². The Bertz CT molecular complexity index is 390. The maximum absolute atomic E-state index is 12.3. The Morgan fingerprint density at radius 3 is 2.37 bits per heavy atom. The highest BCUT2D eigenvalue weighted by Gasteiger charge is 2.33. The Balaban J connectivity index is 2.86. The Labute approximate surface area is 110 Å². The maximum Gasteiger partial charge on any atom is 0.396 e. The number of nitrogens with zero attached hydrogens (tertiary/aromatic N) is 2. The Kier molecular flexibility index (Phi) is 5.34. The van der Waals surface area contributed by atoms with Gasteiger partial charge in [-0.3, -0.25) is 0 Å². The van der Waals surface area contributed by atoms with Crippen LogP contribution in [0.3, 0.4) is 0 Å². The lowest BCUT2D eigenvalue weighted by atomic mass is 9.89. The van der Waals surface area contributed by atoms with Crippen molar-refractivity contribution in [3.63, 3.8) is 0 Å². The summed E-state index contributed by atoms with van der Waals surface area (Å²) in [6, 6.07) is 0.0594. The van der Waals surface area contributed by atoms with Gasteiger partial charge in [0, 0.05) is 6.04 Å². The van der Waals surface area contributed by atoms with Gasteiger partial charge in [0.25, 0.3) is 0 Å². The third-order valence-electron chi connectivity index (χ3n) is 2.91. The molecule has 4 nitrogen and oxygen atoms in total. The fourth-order valence-corrected chi connectivity index (χ4v) is 2.18. The minimum atomic E-state index is -4.32. The van der Waals surface area contributed by atoms with Crippen LogP contribution in [0.25, 0.3) is 0 Å². The van der Waals surface area contributed by atoms with Crippen LogP contribution >= 0.6 is 0 Å². The van der Waals surface area contributed by atoms with Crippen molar-refractivity contribution in [3.05, 3.63) is 11.7 Å². The smallest absolute Gasteiger partial charge is 0.339 e. The molecule has 0 aliphatic rings. The summed E-state index contributed by atoms with van der Waals surface area (Å²) in [5, 5.41) is 6.65. The minimum Gasteiger partial charge on any atom is -0.339 e. The Hall–Kier alpha value is -1.11. The van der Waals surface area contributed by atoms with E-state index in [0.717, 1.165) is 6.54 Å². The fraction of sp³-hybridized carbons (Fsp3) is 0.833. The number of aromatic nitrogens is 2. The molecule has 19 heavy (non-hydrogen) atoms. The van der Waals surface area contributed by atoms with E-state index >= 15 is 0 Å². The molecule has 0 amide bonds. The summed E-state index contributed by atoms with van der Waals surface area (Å²) >= 11 is 0. The molecular weight excluding hydrogens is 259 g/mol. The molecule has 1 heterocycles. The molecule has 110 valence electrons. The van der Waals surface area contributed by atoms with Gasteiger partial charge in [0.1, 0.15) is 6.42 Å². The number of alkyl halides is 3. The fourth-order valence-electron chi connectivity index (χ4n) is 2.18. The van der Waals surface area contributed by atoms with Crippen LogP contribution < -0.4 is 5.32 Å². The highest BCUT2D eigenvalue weighted by Crippen LogP contribution is 2.28. The van der Waals surface area contributed by atoms with E-state index < -0.39 is 12.6 Å². The summed E-state index contributed by atoms with van der Waals surface area (Å²) < 4.78 is 41.8. The summed E-state index contributed by atoms with van der Waals surface area (Å²) in [4.78, 5) is 3.88. The largest absolute Gasteiger partial charge is 0.396 e. The number of hydrogen-bond donors (Lipinski definition) is 1. The topological polar surface area (TPSA) is 51.0 Å². The molecule has 0 saturated heterocycles. The van der Waals surface area contributed by atoms with E-state index in [-0.39, 0.29) is 29.6 Å². The normalized spacial score (nSPS) is 15.8. The second-order valence-electron chi connectivity index (χ2n) is 4.96. The summed E-state index contributed by atoms with van der Waals surface area (Å²) in [6.45, 7) is 8.66. The van der Waals surface area contributed by atoms with Crippen LogP contribution in [0.2, 0.25) is 0 Å². The van der Waals surface area contributed by atoms with E-state index in [2.05, 4.69) is 15.5 Å². The van der Waals surface area contributed by atoms with E-state index in [1.54, 1.807) is 0 Å². The van der Waals surface area contributed by atoms with Crippen LogP contribution in [-0.4, -0.2) is 28.9 Å². The predicted octanol–water partition coefficient (Wildman–Crippen LogP) is 2.91. The Morgan fingerprint density at radius 2 is 1.89 bits per heavy atom. The first-order valence-corrected chi connectivity index (χ1v) is 6.37. The molecule has 0 radical (unpaired) electrons. The van der Waals surface area contributed by atoms with Crippen LogP contribution in [-0.2, 0) is 6.42 Å². The lowest BCUT2D eigenvalue weighted by molar-refractivity contribution is -0.128. The van der Waals surface area contributed by atoms with Gasteiger partial charge in [0.15, 0.2) is 5.82 Å². The summed E-state index contributed by atoms with van der Waals surface area (Å²) in [5.74, 6) is 0.0437. The van der Waals surface area contributed by atoms with Gasteiger partial charge in [-0.2, -0.15) is 18.2 Å². The first-order chi connectivity index (χ1) is 8.74. The van der Waals surface area contributed by atoms with E-state index in [1.165, 1.54) is 0 Å². The van der Waals surface area contributed by atoms with E-state index in [0.29, 0.717) is 0 Å². The van der Waals surface area contributed by atoms with Crippen molar-refractivity contribution in [2.75, 3.05) is 6.54 Å². The minimum absolute atomic E-state index is 0.0594. The lowest BCUT2D eigenvalue weighted by Gasteiger charge is -2.24. The van der Waals surface area contributed by atoms with Gasteiger partial charge in [-0.1, -0.05) is 25.9 Å². The molecule has 1 aromatic rings. The van der Waals surface area contributed by atoms with Crippen molar-refractivity contribution in [2.45, 2.75) is 52.3 Å². The number of likely N-dealkylation sites (N-methyl/N-ethyl adjacent to an activating group) is 1. The Morgan fingerprint density at radius 1 is 1.26 bits per heavy atom. The van der Waals surface area contributed by atoms with Crippen molar-refractivity contribution in [2.24, 2.45) is 5.92 Å². The standard InChI is InChI=1S/C12H20F3N3O/c1-5-16-8(4)10(7(2)3)11-17-9(18-19-11)6-12(13,14)15/h7-8,10,16H,5-6H2,1-4H3. The molecule has 0 aliphatic carbocycles. The molecule has 1 N–H and O–H groups in total. The van der Waals surface area contributed by atoms with Crippen LogP contribution in [0.1, 0.15) is 45.3 Å². The van der Waals surface area contributed by atoms with Crippen LogP contribution in [0.5, 0.6) is 0 Å². The highest BCUT2D eigenvalue weighted by atomic mass is 19.4. The van der Waals surface area contributed by atoms with Gasteiger partial charge in [-0.25, -0.2) is 0 Å². The predicted molar refractivity (Wildman–Crippen MR) is 64.8 cm³/mol. The van der Waals surface area contributed by atoms with Crippen molar-refractivity contribution >= 4 is 0 Å². The molecule has 0 fully saturated rings. The second kappa shape index (κ2) is 6.36. The average Bonchev–Trinajstić information content (AvgIpc) is 2.63. The molecule has 2 unspecified atom stereocenters. The zero-order valence-electron chi connectivity index (χ0n) is 11.6. The zero-order chi connectivity index (χ0) is 14.6. The SMILES string of the molecule is CCNC(C)C(c1nc(CC(F)(F)F)no1)C(C)C. The molecule has 1 rings (SSSR count). The van der Waals surface area contributed by atoms with Gasteiger partial charge >= 0.3 is 6.18 Å². The molecule has 0 spiro atoms. The first-order valence-electron chi connectivity index (χ1n) is 6.37. The van der Waals surface area contributed by atoms with Crippen molar-refractivity contribution in [3.8, 4) is 0 Å². The summed E-state index contributed by atoms with van der Waals surface area (Å²) in [5.41, 5.74) is 0. The molecule has 0 bridgehead atoms. The highest BCUT2D eigenvalue weighted by molar-refractivity contribution is 5.00. The number of hydrogen-bond acceptors (Lipinski definition) is 4. The summed E-state index contributed by atoms with van der Waals surface area (Å²) in [6.07, 6.45) is -5.47. The molecule has 0 aromatic carbocycles. The number of rotatable bonds is 6. The van der Waals surface area contributed by atoms with E-state index in [9.17, 15) is 13.2 Å². The zero-order valence-corrected chi connectivity index (χ0v) is 11.6. The number of nitrogens with one attached hydrogen (secondary N) is 1. The molecule has 0 aliphatic heterocycles. The van der Waals surface area contributed by atoms with Gasteiger partial charge < -0.3 is 9.84 Å². The molecule has 7 heteroatoms.